The third-order valence-corrected chi connectivity index (χ3v) is 5.61. The maximum absolute atomic E-state index is 6.29. The summed E-state index contributed by atoms with van der Waals surface area (Å²) in [4.78, 5) is 2.58. The Labute approximate surface area is 123 Å². The largest absolute Gasteiger partial charge is 0.371 e. The Morgan fingerprint density at radius 3 is 2.40 bits per heavy atom. The van der Waals surface area contributed by atoms with E-state index in [1.807, 2.05) is 0 Å². The summed E-state index contributed by atoms with van der Waals surface area (Å²) in [6.45, 7) is 4.60. The molecule has 0 radical (unpaired) electrons. The number of piperidine rings is 1. The molecule has 0 unspecified atom stereocenters. The highest BCUT2D eigenvalue weighted by atomic mass is 15.1. The van der Waals surface area contributed by atoms with E-state index in [0.717, 1.165) is 6.42 Å². The van der Waals surface area contributed by atoms with Crippen molar-refractivity contribution >= 4 is 5.69 Å². The van der Waals surface area contributed by atoms with E-state index < -0.39 is 0 Å². The first-order chi connectivity index (χ1) is 9.74. The van der Waals surface area contributed by atoms with Crippen LogP contribution in [0.2, 0.25) is 0 Å². The summed E-state index contributed by atoms with van der Waals surface area (Å²) >= 11 is 0. The molecule has 1 saturated heterocycles. The van der Waals surface area contributed by atoms with Crippen molar-refractivity contribution in [1.29, 1.82) is 0 Å². The van der Waals surface area contributed by atoms with Crippen LogP contribution in [0.4, 0.5) is 5.69 Å². The summed E-state index contributed by atoms with van der Waals surface area (Å²) in [5, 5.41) is 0. The Bertz CT molecular complexity index is 438. The molecular weight excluding hydrogens is 244 g/mol. The van der Waals surface area contributed by atoms with Gasteiger partial charge in [-0.15, -0.1) is 0 Å². The Morgan fingerprint density at radius 1 is 1.10 bits per heavy atom. The van der Waals surface area contributed by atoms with E-state index in [4.69, 9.17) is 5.73 Å². The normalized spacial score (nSPS) is 23.2. The predicted molar refractivity (Wildman–Crippen MR) is 86.0 cm³/mol. The van der Waals surface area contributed by atoms with Gasteiger partial charge in [-0.1, -0.05) is 38.0 Å². The van der Waals surface area contributed by atoms with Gasteiger partial charge in [0.25, 0.3) is 0 Å². The zero-order valence-corrected chi connectivity index (χ0v) is 12.8. The van der Waals surface area contributed by atoms with Crippen LogP contribution in [0.1, 0.15) is 63.5 Å². The second-order valence-electron chi connectivity index (χ2n) is 6.77. The molecule has 1 atom stereocenters. The fourth-order valence-corrected chi connectivity index (χ4v) is 4.16. The van der Waals surface area contributed by atoms with Gasteiger partial charge in [-0.05, 0) is 49.1 Å². The van der Waals surface area contributed by atoms with Crippen LogP contribution in [-0.4, -0.2) is 13.1 Å². The highest BCUT2D eigenvalue weighted by Crippen LogP contribution is 2.47. The second-order valence-corrected chi connectivity index (χ2v) is 6.77. The zero-order chi connectivity index (χ0) is 14.0. The zero-order valence-electron chi connectivity index (χ0n) is 12.8. The number of anilines is 1. The fourth-order valence-electron chi connectivity index (χ4n) is 4.16. The van der Waals surface area contributed by atoms with Crippen LogP contribution < -0.4 is 10.6 Å². The topological polar surface area (TPSA) is 29.3 Å². The van der Waals surface area contributed by atoms with Gasteiger partial charge in [0.05, 0.1) is 0 Å². The van der Waals surface area contributed by atoms with E-state index in [-0.39, 0.29) is 6.04 Å². The van der Waals surface area contributed by atoms with Crippen LogP contribution in [0.5, 0.6) is 0 Å². The molecule has 1 aliphatic carbocycles. The molecule has 20 heavy (non-hydrogen) atoms. The monoisotopic (exact) mass is 272 g/mol. The Morgan fingerprint density at radius 2 is 1.75 bits per heavy atom. The first kappa shape index (κ1) is 13.9. The molecule has 2 N–H and O–H groups in total. The molecule has 0 bridgehead atoms. The fraction of sp³-hybridized carbons (Fsp3) is 0.667. The molecule has 110 valence electrons. The van der Waals surface area contributed by atoms with Crippen LogP contribution in [0, 0.1) is 5.41 Å². The molecule has 2 heteroatoms. The van der Waals surface area contributed by atoms with Gasteiger partial charge in [-0.3, -0.25) is 0 Å². The van der Waals surface area contributed by atoms with Gasteiger partial charge >= 0.3 is 0 Å². The first-order valence-corrected chi connectivity index (χ1v) is 8.33. The van der Waals surface area contributed by atoms with Crippen molar-refractivity contribution in [3.05, 3.63) is 29.8 Å². The van der Waals surface area contributed by atoms with Crippen LogP contribution in [0.25, 0.3) is 0 Å². The van der Waals surface area contributed by atoms with Gasteiger partial charge in [0.2, 0.25) is 0 Å². The molecule has 2 aliphatic rings. The van der Waals surface area contributed by atoms with Crippen molar-refractivity contribution in [3.63, 3.8) is 0 Å². The highest BCUT2D eigenvalue weighted by molar-refractivity contribution is 5.55. The molecule has 1 spiro atoms. The first-order valence-electron chi connectivity index (χ1n) is 8.33. The number of rotatable bonds is 3. The SMILES string of the molecule is CC[C@H](N)c1ccccc1N1CCC2(CCCC2)CC1. The Hall–Kier alpha value is -1.02. The quantitative estimate of drug-likeness (QED) is 0.891. The number of hydrogen-bond acceptors (Lipinski definition) is 2. The van der Waals surface area contributed by atoms with Crippen molar-refractivity contribution < 1.29 is 0 Å². The number of benzene rings is 1. The summed E-state index contributed by atoms with van der Waals surface area (Å²) in [6.07, 6.45) is 9.61. The number of nitrogens with zero attached hydrogens (tertiary/aromatic N) is 1. The van der Waals surface area contributed by atoms with Gasteiger partial charge < -0.3 is 10.6 Å². The van der Waals surface area contributed by atoms with E-state index in [0.29, 0.717) is 5.41 Å². The van der Waals surface area contributed by atoms with Crippen molar-refractivity contribution in [2.24, 2.45) is 11.1 Å². The summed E-state index contributed by atoms with van der Waals surface area (Å²) in [6, 6.07) is 8.92. The number of hydrogen-bond donors (Lipinski definition) is 1. The third-order valence-electron chi connectivity index (χ3n) is 5.61. The van der Waals surface area contributed by atoms with Crippen molar-refractivity contribution in [1.82, 2.24) is 0 Å². The van der Waals surface area contributed by atoms with Gasteiger partial charge in [0.15, 0.2) is 0 Å². The minimum absolute atomic E-state index is 0.175. The van der Waals surface area contributed by atoms with Crippen molar-refractivity contribution in [3.8, 4) is 0 Å². The number of nitrogens with two attached hydrogens (primary N) is 1. The minimum Gasteiger partial charge on any atom is -0.371 e. The lowest BCUT2D eigenvalue weighted by molar-refractivity contribution is 0.226. The van der Waals surface area contributed by atoms with Gasteiger partial charge in [-0.25, -0.2) is 0 Å². The van der Waals surface area contributed by atoms with Crippen LogP contribution in [0.15, 0.2) is 24.3 Å². The van der Waals surface area contributed by atoms with Gasteiger partial charge in [0, 0.05) is 24.8 Å². The summed E-state index contributed by atoms with van der Waals surface area (Å²) in [7, 11) is 0. The molecular formula is C18H28N2. The lowest BCUT2D eigenvalue weighted by atomic mass is 9.77. The van der Waals surface area contributed by atoms with Crippen LogP contribution in [0.3, 0.4) is 0 Å². The van der Waals surface area contributed by atoms with E-state index in [1.165, 1.54) is 62.9 Å². The molecule has 2 nitrogen and oxygen atoms in total. The molecule has 1 aromatic carbocycles. The van der Waals surface area contributed by atoms with Gasteiger partial charge in [0.1, 0.15) is 0 Å². The van der Waals surface area contributed by atoms with Gasteiger partial charge in [-0.2, -0.15) is 0 Å². The molecule has 1 saturated carbocycles. The Balaban J connectivity index is 1.74. The average Bonchev–Trinajstić information content (AvgIpc) is 2.95. The molecule has 0 aromatic heterocycles. The van der Waals surface area contributed by atoms with Crippen molar-refractivity contribution in [2.75, 3.05) is 18.0 Å². The van der Waals surface area contributed by atoms with Crippen molar-refractivity contribution in [2.45, 2.75) is 57.9 Å². The second kappa shape index (κ2) is 5.77. The number of para-hydroxylation sites is 1. The molecule has 1 heterocycles. The molecule has 2 fully saturated rings. The van der Waals surface area contributed by atoms with E-state index in [9.17, 15) is 0 Å². The summed E-state index contributed by atoms with van der Waals surface area (Å²) < 4.78 is 0. The summed E-state index contributed by atoms with van der Waals surface area (Å²) in [5.41, 5.74) is 9.70. The predicted octanol–water partition coefficient (Wildman–Crippen LogP) is 4.26. The molecule has 0 amide bonds. The lowest BCUT2D eigenvalue weighted by Crippen LogP contribution is -2.39. The minimum atomic E-state index is 0.175. The standard InChI is InChI=1S/C18H28N2/c1-2-16(19)15-7-3-4-8-17(15)20-13-11-18(12-14-20)9-5-6-10-18/h3-4,7-8,16H,2,5-6,9-14,19H2,1H3/t16-/m0/s1. The van der Waals surface area contributed by atoms with E-state index in [2.05, 4.69) is 36.1 Å². The highest BCUT2D eigenvalue weighted by Gasteiger charge is 2.37. The van der Waals surface area contributed by atoms with Crippen LogP contribution in [-0.2, 0) is 0 Å². The Kier molecular flexibility index (Phi) is 4.02. The summed E-state index contributed by atoms with van der Waals surface area (Å²) in [5.74, 6) is 0. The molecule has 1 aliphatic heterocycles. The maximum Gasteiger partial charge on any atom is 0.0414 e. The van der Waals surface area contributed by atoms with Crippen LogP contribution >= 0.6 is 0 Å². The smallest absolute Gasteiger partial charge is 0.0414 e. The van der Waals surface area contributed by atoms with E-state index >= 15 is 0 Å². The molecule has 1 aromatic rings. The van der Waals surface area contributed by atoms with E-state index in [1.54, 1.807) is 0 Å². The maximum atomic E-state index is 6.29. The third kappa shape index (κ3) is 2.58. The average molecular weight is 272 g/mol. The molecule has 3 rings (SSSR count). The lowest BCUT2D eigenvalue weighted by Gasteiger charge is -2.41.